The topological polar surface area (TPSA) is 57.7 Å². The Labute approximate surface area is 146 Å². The van der Waals surface area contributed by atoms with Crippen molar-refractivity contribution in [1.82, 2.24) is 14.8 Å². The van der Waals surface area contributed by atoms with E-state index in [1.165, 1.54) is 0 Å². The number of amides is 2. The summed E-state index contributed by atoms with van der Waals surface area (Å²) < 4.78 is 5.27. The van der Waals surface area contributed by atoms with E-state index in [9.17, 15) is 4.79 Å². The number of benzene rings is 1. The van der Waals surface area contributed by atoms with E-state index in [0.29, 0.717) is 24.5 Å². The minimum Gasteiger partial charge on any atom is -0.495 e. The lowest BCUT2D eigenvalue weighted by Crippen LogP contribution is -2.49. The van der Waals surface area contributed by atoms with Crippen LogP contribution in [0.2, 0.25) is 0 Å². The van der Waals surface area contributed by atoms with Crippen LogP contribution in [0.1, 0.15) is 10.7 Å². The summed E-state index contributed by atoms with van der Waals surface area (Å²) in [5.74, 6) is 0.670. The fraction of sp³-hybridized carbons (Fsp3) is 0.412. The van der Waals surface area contributed by atoms with Crippen molar-refractivity contribution in [3.8, 4) is 5.75 Å². The van der Waals surface area contributed by atoms with Crippen LogP contribution in [0.5, 0.6) is 5.75 Å². The van der Waals surface area contributed by atoms with Gasteiger partial charge in [0.2, 0.25) is 0 Å². The van der Waals surface area contributed by atoms with E-state index in [1.807, 2.05) is 36.1 Å². The van der Waals surface area contributed by atoms with Gasteiger partial charge in [0.1, 0.15) is 5.75 Å². The molecule has 1 aliphatic heterocycles. The maximum Gasteiger partial charge on any atom is 0.322 e. The van der Waals surface area contributed by atoms with E-state index in [1.54, 1.807) is 18.4 Å². The number of ether oxygens (including phenoxy) is 1. The van der Waals surface area contributed by atoms with Gasteiger partial charge in [-0.3, -0.25) is 4.90 Å². The van der Waals surface area contributed by atoms with E-state index in [2.05, 4.69) is 20.6 Å². The van der Waals surface area contributed by atoms with Gasteiger partial charge in [0, 0.05) is 38.1 Å². The molecule has 0 atom stereocenters. The van der Waals surface area contributed by atoms with E-state index in [0.717, 1.165) is 30.3 Å². The molecule has 24 heavy (non-hydrogen) atoms. The molecule has 0 bridgehead atoms. The highest BCUT2D eigenvalue weighted by Crippen LogP contribution is 2.23. The normalized spacial score (nSPS) is 15.3. The van der Waals surface area contributed by atoms with Crippen molar-refractivity contribution < 1.29 is 9.53 Å². The Hall–Kier alpha value is -2.12. The number of aryl methyl sites for hydroxylation is 1. The largest absolute Gasteiger partial charge is 0.495 e. The molecule has 2 amide bonds. The lowest BCUT2D eigenvalue weighted by Gasteiger charge is -2.34. The monoisotopic (exact) mass is 346 g/mol. The summed E-state index contributed by atoms with van der Waals surface area (Å²) >= 11 is 1.68. The predicted molar refractivity (Wildman–Crippen MR) is 95.7 cm³/mol. The zero-order valence-corrected chi connectivity index (χ0v) is 14.8. The zero-order chi connectivity index (χ0) is 16.9. The Morgan fingerprint density at radius 3 is 2.71 bits per heavy atom. The Balaban J connectivity index is 1.51. The van der Waals surface area contributed by atoms with Gasteiger partial charge in [-0.2, -0.15) is 0 Å². The van der Waals surface area contributed by atoms with Crippen molar-refractivity contribution in [1.29, 1.82) is 0 Å². The lowest BCUT2D eigenvalue weighted by atomic mass is 10.3. The smallest absolute Gasteiger partial charge is 0.322 e. The van der Waals surface area contributed by atoms with Gasteiger partial charge in [0.25, 0.3) is 0 Å². The second-order valence-corrected chi connectivity index (χ2v) is 6.81. The number of hydrogen-bond acceptors (Lipinski definition) is 5. The number of anilines is 1. The van der Waals surface area contributed by atoms with Gasteiger partial charge < -0.3 is 15.0 Å². The third kappa shape index (κ3) is 4.04. The van der Waals surface area contributed by atoms with Crippen LogP contribution < -0.4 is 10.1 Å². The van der Waals surface area contributed by atoms with Crippen LogP contribution in [-0.2, 0) is 6.54 Å². The Morgan fingerprint density at radius 1 is 1.29 bits per heavy atom. The van der Waals surface area contributed by atoms with Crippen LogP contribution in [0.3, 0.4) is 0 Å². The molecule has 1 aliphatic rings. The summed E-state index contributed by atoms with van der Waals surface area (Å²) in [6.07, 6.45) is 0. The number of nitrogens with one attached hydrogen (secondary N) is 1. The summed E-state index contributed by atoms with van der Waals surface area (Å²) in [5.41, 5.74) is 1.81. The SMILES string of the molecule is COc1ccccc1NC(=O)N1CCN(Cc2csc(C)n2)CC1. The second-order valence-electron chi connectivity index (χ2n) is 5.75. The molecule has 1 aromatic carbocycles. The van der Waals surface area contributed by atoms with Crippen molar-refractivity contribution in [2.24, 2.45) is 0 Å². The molecule has 1 fully saturated rings. The summed E-state index contributed by atoms with van der Waals surface area (Å²) in [7, 11) is 1.60. The van der Waals surface area contributed by atoms with Crippen molar-refractivity contribution in [2.75, 3.05) is 38.6 Å². The molecule has 0 radical (unpaired) electrons. The first-order valence-electron chi connectivity index (χ1n) is 7.98. The highest BCUT2D eigenvalue weighted by molar-refractivity contribution is 7.09. The molecular formula is C17H22N4O2S. The summed E-state index contributed by atoms with van der Waals surface area (Å²) in [6, 6.07) is 7.36. The first-order valence-corrected chi connectivity index (χ1v) is 8.86. The molecule has 7 heteroatoms. The number of methoxy groups -OCH3 is 1. The van der Waals surface area contributed by atoms with Gasteiger partial charge in [-0.15, -0.1) is 11.3 Å². The Bertz CT molecular complexity index is 695. The fourth-order valence-electron chi connectivity index (χ4n) is 2.76. The summed E-state index contributed by atoms with van der Waals surface area (Å²) in [4.78, 5) is 21.1. The number of carbonyl (C=O) groups is 1. The molecule has 1 aromatic heterocycles. The first kappa shape index (κ1) is 16.7. The first-order chi connectivity index (χ1) is 11.7. The molecule has 1 saturated heterocycles. The van der Waals surface area contributed by atoms with Gasteiger partial charge in [0.05, 0.1) is 23.5 Å². The maximum absolute atomic E-state index is 12.4. The van der Waals surface area contributed by atoms with Gasteiger partial charge in [-0.1, -0.05) is 12.1 Å². The molecule has 0 saturated carbocycles. The standard InChI is InChI=1S/C17H22N4O2S/c1-13-18-14(12-24-13)11-20-7-9-21(10-8-20)17(22)19-15-5-3-4-6-16(15)23-2/h3-6,12H,7-11H2,1-2H3,(H,19,22). The summed E-state index contributed by atoms with van der Waals surface area (Å²) in [5, 5.41) is 6.14. The number of piperazine rings is 1. The Morgan fingerprint density at radius 2 is 2.04 bits per heavy atom. The van der Waals surface area contributed by atoms with Gasteiger partial charge in [-0.25, -0.2) is 9.78 Å². The molecule has 0 unspecified atom stereocenters. The average Bonchev–Trinajstić information content (AvgIpc) is 3.01. The van der Waals surface area contributed by atoms with Gasteiger partial charge in [-0.05, 0) is 19.1 Å². The minimum absolute atomic E-state index is 0.0800. The average molecular weight is 346 g/mol. The van der Waals surface area contributed by atoms with Crippen molar-refractivity contribution in [3.05, 3.63) is 40.3 Å². The van der Waals surface area contributed by atoms with E-state index in [-0.39, 0.29) is 6.03 Å². The van der Waals surface area contributed by atoms with E-state index >= 15 is 0 Å². The van der Waals surface area contributed by atoms with Gasteiger partial charge >= 0.3 is 6.03 Å². The maximum atomic E-state index is 12.4. The number of hydrogen-bond donors (Lipinski definition) is 1. The molecule has 0 spiro atoms. The third-order valence-corrected chi connectivity index (χ3v) is 4.88. The number of carbonyl (C=O) groups excluding carboxylic acids is 1. The van der Waals surface area contributed by atoms with Crippen molar-refractivity contribution in [3.63, 3.8) is 0 Å². The second kappa shape index (κ2) is 7.63. The molecule has 6 nitrogen and oxygen atoms in total. The van der Waals surface area contributed by atoms with Crippen LogP contribution in [-0.4, -0.2) is 54.1 Å². The number of nitrogens with zero attached hydrogens (tertiary/aromatic N) is 3. The van der Waals surface area contributed by atoms with Crippen molar-refractivity contribution >= 4 is 23.1 Å². The highest BCUT2D eigenvalue weighted by Gasteiger charge is 2.22. The number of aromatic nitrogens is 1. The number of para-hydroxylation sites is 2. The number of rotatable bonds is 4. The minimum atomic E-state index is -0.0800. The van der Waals surface area contributed by atoms with Crippen LogP contribution in [0, 0.1) is 6.92 Å². The van der Waals surface area contributed by atoms with E-state index < -0.39 is 0 Å². The number of thiazole rings is 1. The summed E-state index contributed by atoms with van der Waals surface area (Å²) in [6.45, 7) is 6.01. The van der Waals surface area contributed by atoms with Crippen LogP contribution in [0.15, 0.2) is 29.6 Å². The Kier molecular flexibility index (Phi) is 5.32. The third-order valence-electron chi connectivity index (χ3n) is 4.06. The lowest BCUT2D eigenvalue weighted by molar-refractivity contribution is 0.142. The van der Waals surface area contributed by atoms with E-state index in [4.69, 9.17) is 4.74 Å². The molecule has 0 aliphatic carbocycles. The molecule has 1 N–H and O–H groups in total. The van der Waals surface area contributed by atoms with Gasteiger partial charge in [0.15, 0.2) is 0 Å². The van der Waals surface area contributed by atoms with Crippen LogP contribution in [0.25, 0.3) is 0 Å². The highest BCUT2D eigenvalue weighted by atomic mass is 32.1. The molecule has 3 rings (SSSR count). The quantitative estimate of drug-likeness (QED) is 0.925. The van der Waals surface area contributed by atoms with Crippen LogP contribution in [0.4, 0.5) is 10.5 Å². The number of urea groups is 1. The molecular weight excluding hydrogens is 324 g/mol. The molecule has 2 aromatic rings. The van der Waals surface area contributed by atoms with Crippen molar-refractivity contribution in [2.45, 2.75) is 13.5 Å². The molecule has 128 valence electrons. The van der Waals surface area contributed by atoms with Crippen LogP contribution >= 0.6 is 11.3 Å². The fourth-order valence-corrected chi connectivity index (χ4v) is 3.36. The zero-order valence-electron chi connectivity index (χ0n) is 14.0. The predicted octanol–water partition coefficient (Wildman–Crippen LogP) is 2.81. The molecule has 2 heterocycles.